The van der Waals surface area contributed by atoms with Gasteiger partial charge in [-0.1, -0.05) is 6.92 Å². The van der Waals surface area contributed by atoms with Gasteiger partial charge in [-0.25, -0.2) is 13.6 Å². The fourth-order valence-corrected chi connectivity index (χ4v) is 4.01. The highest BCUT2D eigenvalue weighted by Gasteiger charge is 2.25. The Kier molecular flexibility index (Phi) is 7.01. The van der Waals surface area contributed by atoms with Crippen molar-refractivity contribution in [3.63, 3.8) is 0 Å². The Morgan fingerprint density at radius 2 is 1.78 bits per heavy atom. The van der Waals surface area contributed by atoms with Gasteiger partial charge in [-0.2, -0.15) is 0 Å². The SMILES string of the molecule is CCCN1CC[C@H](CNC(=O)N2CCN(Cc3cc(F)cc(F)c3)CC2)C1. The molecule has 2 amide bonds. The van der Waals surface area contributed by atoms with E-state index in [-0.39, 0.29) is 6.03 Å². The summed E-state index contributed by atoms with van der Waals surface area (Å²) in [4.78, 5) is 18.8. The molecule has 0 saturated carbocycles. The molecule has 2 heterocycles. The van der Waals surface area contributed by atoms with Crippen molar-refractivity contribution in [3.05, 3.63) is 35.4 Å². The van der Waals surface area contributed by atoms with E-state index >= 15 is 0 Å². The van der Waals surface area contributed by atoms with Gasteiger partial charge in [-0.15, -0.1) is 0 Å². The first-order valence-electron chi connectivity index (χ1n) is 9.96. The molecule has 1 aromatic carbocycles. The molecule has 0 bridgehead atoms. The van der Waals surface area contributed by atoms with E-state index in [4.69, 9.17) is 0 Å². The largest absolute Gasteiger partial charge is 0.338 e. The number of carbonyl (C=O) groups excluding carboxylic acids is 1. The molecule has 3 rings (SSSR count). The van der Waals surface area contributed by atoms with Crippen molar-refractivity contribution < 1.29 is 13.6 Å². The maximum absolute atomic E-state index is 13.3. The number of carbonyl (C=O) groups is 1. The normalized spacial score (nSPS) is 21.6. The lowest BCUT2D eigenvalue weighted by Crippen LogP contribution is -2.52. The van der Waals surface area contributed by atoms with E-state index in [1.54, 1.807) is 0 Å². The highest BCUT2D eigenvalue weighted by molar-refractivity contribution is 5.74. The third-order valence-corrected chi connectivity index (χ3v) is 5.44. The number of hydrogen-bond acceptors (Lipinski definition) is 3. The molecular formula is C20H30F2N4O. The Morgan fingerprint density at radius 1 is 1.07 bits per heavy atom. The molecule has 2 fully saturated rings. The topological polar surface area (TPSA) is 38.8 Å². The molecule has 1 aromatic rings. The summed E-state index contributed by atoms with van der Waals surface area (Å²) in [6.45, 7) is 9.47. The van der Waals surface area contributed by atoms with Gasteiger partial charge < -0.3 is 15.1 Å². The van der Waals surface area contributed by atoms with Crippen LogP contribution in [0, 0.1) is 17.6 Å². The Hall–Kier alpha value is -1.73. The van der Waals surface area contributed by atoms with Crippen molar-refractivity contribution in [1.82, 2.24) is 20.0 Å². The Bertz CT molecular complexity index is 614. The number of nitrogens with zero attached hydrogens (tertiary/aromatic N) is 3. The van der Waals surface area contributed by atoms with Gasteiger partial charge >= 0.3 is 6.03 Å². The number of urea groups is 1. The van der Waals surface area contributed by atoms with Gasteiger partial charge in [-0.05, 0) is 49.5 Å². The van der Waals surface area contributed by atoms with Gasteiger partial charge in [0.1, 0.15) is 11.6 Å². The molecule has 0 aromatic heterocycles. The number of halogens is 2. The summed E-state index contributed by atoms with van der Waals surface area (Å²) in [5.74, 6) is -0.551. The standard InChI is InChI=1S/C20H30F2N4O/c1-2-4-24-5-3-16(14-24)13-23-20(27)26-8-6-25(7-9-26)15-17-10-18(21)12-19(22)11-17/h10-12,16H,2-9,13-15H2,1H3,(H,23,27)/t16-/m1/s1. The van der Waals surface area contributed by atoms with Gasteiger partial charge in [0.2, 0.25) is 0 Å². The maximum Gasteiger partial charge on any atom is 0.317 e. The van der Waals surface area contributed by atoms with E-state index in [1.807, 2.05) is 4.90 Å². The van der Waals surface area contributed by atoms with Crippen molar-refractivity contribution in [2.24, 2.45) is 5.92 Å². The summed E-state index contributed by atoms with van der Waals surface area (Å²) < 4.78 is 26.6. The molecule has 2 saturated heterocycles. The molecule has 7 heteroatoms. The second-order valence-corrected chi connectivity index (χ2v) is 7.68. The monoisotopic (exact) mass is 380 g/mol. The number of likely N-dealkylation sites (tertiary alicyclic amines) is 1. The van der Waals surface area contributed by atoms with Crippen LogP contribution in [0.15, 0.2) is 18.2 Å². The lowest BCUT2D eigenvalue weighted by Gasteiger charge is -2.35. The zero-order valence-corrected chi connectivity index (χ0v) is 16.1. The van der Waals surface area contributed by atoms with Crippen LogP contribution in [-0.4, -0.2) is 73.1 Å². The zero-order valence-electron chi connectivity index (χ0n) is 16.1. The molecule has 27 heavy (non-hydrogen) atoms. The zero-order chi connectivity index (χ0) is 19.2. The van der Waals surface area contributed by atoms with Crippen LogP contribution in [0.25, 0.3) is 0 Å². The predicted molar refractivity (Wildman–Crippen MR) is 101 cm³/mol. The second kappa shape index (κ2) is 9.46. The molecule has 0 radical (unpaired) electrons. The third kappa shape index (κ3) is 5.87. The van der Waals surface area contributed by atoms with Crippen molar-refractivity contribution in [3.8, 4) is 0 Å². The molecule has 5 nitrogen and oxygen atoms in total. The van der Waals surface area contributed by atoms with E-state index in [0.29, 0.717) is 44.2 Å². The molecule has 1 atom stereocenters. The van der Waals surface area contributed by atoms with E-state index in [1.165, 1.54) is 18.6 Å². The Morgan fingerprint density at radius 3 is 2.44 bits per heavy atom. The summed E-state index contributed by atoms with van der Waals surface area (Å²) in [6.07, 6.45) is 2.32. The van der Waals surface area contributed by atoms with Crippen LogP contribution < -0.4 is 5.32 Å². The molecular weight excluding hydrogens is 350 g/mol. The summed E-state index contributed by atoms with van der Waals surface area (Å²) in [5.41, 5.74) is 0.628. The average molecular weight is 380 g/mol. The highest BCUT2D eigenvalue weighted by atomic mass is 19.1. The number of amides is 2. The van der Waals surface area contributed by atoms with Crippen molar-refractivity contribution >= 4 is 6.03 Å². The number of hydrogen-bond donors (Lipinski definition) is 1. The minimum absolute atomic E-state index is 0.000363. The Labute approximate surface area is 160 Å². The first-order valence-corrected chi connectivity index (χ1v) is 9.96. The number of rotatable bonds is 6. The first kappa shape index (κ1) is 20.0. The summed E-state index contributed by atoms with van der Waals surface area (Å²) in [6, 6.07) is 3.62. The summed E-state index contributed by atoms with van der Waals surface area (Å²) in [7, 11) is 0. The minimum Gasteiger partial charge on any atom is -0.338 e. The van der Waals surface area contributed by atoms with E-state index < -0.39 is 11.6 Å². The van der Waals surface area contributed by atoms with Crippen molar-refractivity contribution in [2.45, 2.75) is 26.3 Å². The molecule has 0 aliphatic carbocycles. The molecule has 2 aliphatic heterocycles. The molecule has 1 N–H and O–H groups in total. The molecule has 2 aliphatic rings. The number of piperazine rings is 1. The van der Waals surface area contributed by atoms with Crippen LogP contribution in [0.5, 0.6) is 0 Å². The number of benzene rings is 1. The summed E-state index contributed by atoms with van der Waals surface area (Å²) in [5, 5.41) is 3.08. The van der Waals surface area contributed by atoms with Crippen molar-refractivity contribution in [1.29, 1.82) is 0 Å². The van der Waals surface area contributed by atoms with Gasteiger partial charge in [0.25, 0.3) is 0 Å². The van der Waals surface area contributed by atoms with Gasteiger partial charge in [0, 0.05) is 51.9 Å². The third-order valence-electron chi connectivity index (χ3n) is 5.44. The number of nitrogens with one attached hydrogen (secondary N) is 1. The minimum atomic E-state index is -0.549. The van der Waals surface area contributed by atoms with E-state index in [9.17, 15) is 13.6 Å². The second-order valence-electron chi connectivity index (χ2n) is 7.68. The fraction of sp³-hybridized carbons (Fsp3) is 0.650. The average Bonchev–Trinajstić information content (AvgIpc) is 3.07. The Balaban J connectivity index is 1.38. The summed E-state index contributed by atoms with van der Waals surface area (Å²) >= 11 is 0. The smallest absolute Gasteiger partial charge is 0.317 e. The lowest BCUT2D eigenvalue weighted by molar-refractivity contribution is 0.134. The van der Waals surface area contributed by atoms with Crippen LogP contribution >= 0.6 is 0 Å². The highest BCUT2D eigenvalue weighted by Crippen LogP contribution is 2.16. The van der Waals surface area contributed by atoms with E-state index in [2.05, 4.69) is 22.0 Å². The van der Waals surface area contributed by atoms with Gasteiger partial charge in [-0.3, -0.25) is 4.90 Å². The van der Waals surface area contributed by atoms with Crippen LogP contribution in [0.3, 0.4) is 0 Å². The molecule has 150 valence electrons. The van der Waals surface area contributed by atoms with Crippen molar-refractivity contribution in [2.75, 3.05) is 52.4 Å². The fourth-order valence-electron chi connectivity index (χ4n) is 4.01. The van der Waals surface area contributed by atoms with Crippen LogP contribution in [0.4, 0.5) is 13.6 Å². The first-order chi connectivity index (χ1) is 13.0. The molecule has 0 spiro atoms. The van der Waals surface area contributed by atoms with Gasteiger partial charge in [0.05, 0.1) is 0 Å². The van der Waals surface area contributed by atoms with Gasteiger partial charge in [0.15, 0.2) is 0 Å². The molecule has 0 unspecified atom stereocenters. The quantitative estimate of drug-likeness (QED) is 0.824. The van der Waals surface area contributed by atoms with Crippen LogP contribution in [0.1, 0.15) is 25.3 Å². The maximum atomic E-state index is 13.3. The van der Waals surface area contributed by atoms with Crippen LogP contribution in [0.2, 0.25) is 0 Å². The van der Waals surface area contributed by atoms with E-state index in [0.717, 1.165) is 38.7 Å². The predicted octanol–water partition coefficient (Wildman–Crippen LogP) is 2.52. The lowest BCUT2D eigenvalue weighted by atomic mass is 10.1. The van der Waals surface area contributed by atoms with Crippen LogP contribution in [-0.2, 0) is 6.54 Å².